The molecule has 0 fully saturated rings. The van der Waals surface area contributed by atoms with E-state index in [1.54, 1.807) is 13.8 Å². The second kappa shape index (κ2) is 8.57. The molecule has 6 nitrogen and oxygen atoms in total. The van der Waals surface area contributed by atoms with Crippen LogP contribution in [-0.2, 0) is 20.7 Å². The van der Waals surface area contributed by atoms with E-state index in [4.69, 9.17) is 14.0 Å². The van der Waals surface area contributed by atoms with E-state index < -0.39 is 24.9 Å². The third kappa shape index (κ3) is 5.20. The van der Waals surface area contributed by atoms with Gasteiger partial charge >= 0.3 is 5.97 Å². The molecule has 8 heteroatoms. The number of aromatic nitrogens is 2. The van der Waals surface area contributed by atoms with Crippen LogP contribution < -0.4 is 0 Å². The minimum atomic E-state index is -2.50. The maximum Gasteiger partial charge on any atom is 0.318 e. The molecule has 1 rings (SSSR count). The number of alkyl halides is 2. The summed E-state index contributed by atoms with van der Waals surface area (Å²) in [7, 11) is 0. The Bertz CT molecular complexity index is 412. The van der Waals surface area contributed by atoms with Gasteiger partial charge in [-0.3, -0.25) is 4.79 Å². The van der Waals surface area contributed by atoms with Crippen LogP contribution >= 0.6 is 0 Å². The molecule has 1 aromatic heterocycles. The van der Waals surface area contributed by atoms with Crippen molar-refractivity contribution in [2.24, 2.45) is 0 Å². The quantitative estimate of drug-likeness (QED) is 0.511. The van der Waals surface area contributed by atoms with Gasteiger partial charge in [0.05, 0.1) is 13.2 Å². The highest BCUT2D eigenvalue weighted by molar-refractivity contribution is 5.76. The normalized spacial score (nSPS) is 12.7. The van der Waals surface area contributed by atoms with Gasteiger partial charge in [0, 0.05) is 6.42 Å². The lowest BCUT2D eigenvalue weighted by Gasteiger charge is -2.08. The molecule has 0 aliphatic heterocycles. The SMILES string of the molecule is CCOC(=O)C(CC)c1nc(CCOCC(F)F)no1. The van der Waals surface area contributed by atoms with E-state index in [9.17, 15) is 13.6 Å². The highest BCUT2D eigenvalue weighted by Gasteiger charge is 2.26. The molecule has 20 heavy (non-hydrogen) atoms. The third-order valence-electron chi connectivity index (χ3n) is 2.48. The first-order valence-electron chi connectivity index (χ1n) is 6.43. The number of hydrogen-bond donors (Lipinski definition) is 0. The van der Waals surface area contributed by atoms with Gasteiger partial charge in [-0.1, -0.05) is 12.1 Å². The van der Waals surface area contributed by atoms with Crippen molar-refractivity contribution in [1.29, 1.82) is 0 Å². The zero-order valence-electron chi connectivity index (χ0n) is 11.5. The van der Waals surface area contributed by atoms with Crippen molar-refractivity contribution in [2.45, 2.75) is 39.0 Å². The maximum atomic E-state index is 11.9. The van der Waals surface area contributed by atoms with Gasteiger partial charge in [0.15, 0.2) is 5.82 Å². The van der Waals surface area contributed by atoms with E-state index in [-0.39, 0.29) is 25.5 Å². The first-order chi connectivity index (χ1) is 9.58. The molecule has 0 aromatic carbocycles. The average molecular weight is 292 g/mol. The summed E-state index contributed by atoms with van der Waals surface area (Å²) in [6.45, 7) is 3.24. The predicted octanol–water partition coefficient (Wildman–Crippen LogP) is 1.95. The molecule has 114 valence electrons. The van der Waals surface area contributed by atoms with Crippen LogP contribution in [0.3, 0.4) is 0 Å². The van der Waals surface area contributed by atoms with Crippen LogP contribution in [0.2, 0.25) is 0 Å². The first-order valence-corrected chi connectivity index (χ1v) is 6.43. The van der Waals surface area contributed by atoms with Gasteiger partial charge in [-0.15, -0.1) is 0 Å². The number of halogens is 2. The predicted molar refractivity (Wildman–Crippen MR) is 64.5 cm³/mol. The van der Waals surface area contributed by atoms with Gasteiger partial charge in [0.2, 0.25) is 5.89 Å². The molecule has 0 amide bonds. The molecule has 0 radical (unpaired) electrons. The zero-order chi connectivity index (χ0) is 15.0. The summed E-state index contributed by atoms with van der Waals surface area (Å²) in [5.41, 5.74) is 0. The van der Waals surface area contributed by atoms with Crippen molar-refractivity contribution in [3.63, 3.8) is 0 Å². The van der Waals surface area contributed by atoms with Crippen LogP contribution in [0.25, 0.3) is 0 Å². The summed E-state index contributed by atoms with van der Waals surface area (Å²) in [6.07, 6.45) is -1.78. The fourth-order valence-electron chi connectivity index (χ4n) is 1.53. The summed E-state index contributed by atoms with van der Waals surface area (Å²) in [4.78, 5) is 15.7. The molecule has 1 atom stereocenters. The van der Waals surface area contributed by atoms with Gasteiger partial charge in [-0.2, -0.15) is 4.98 Å². The van der Waals surface area contributed by atoms with Crippen LogP contribution in [0.5, 0.6) is 0 Å². The van der Waals surface area contributed by atoms with E-state index in [1.165, 1.54) is 0 Å². The number of ether oxygens (including phenoxy) is 2. The number of hydrogen-bond acceptors (Lipinski definition) is 6. The fourth-order valence-corrected chi connectivity index (χ4v) is 1.53. The van der Waals surface area contributed by atoms with Gasteiger partial charge in [-0.05, 0) is 13.3 Å². The van der Waals surface area contributed by atoms with Gasteiger partial charge in [-0.25, -0.2) is 8.78 Å². The lowest BCUT2D eigenvalue weighted by atomic mass is 10.1. The van der Waals surface area contributed by atoms with E-state index in [0.717, 1.165) is 0 Å². The molecule has 1 unspecified atom stereocenters. The first kappa shape index (κ1) is 16.5. The molecule has 0 aliphatic carbocycles. The van der Waals surface area contributed by atoms with Crippen LogP contribution in [0.1, 0.15) is 37.9 Å². The summed E-state index contributed by atoms with van der Waals surface area (Å²) < 4.78 is 38.3. The Balaban J connectivity index is 2.50. The highest BCUT2D eigenvalue weighted by atomic mass is 19.3. The average Bonchev–Trinajstić information content (AvgIpc) is 2.84. The zero-order valence-corrected chi connectivity index (χ0v) is 11.5. The van der Waals surface area contributed by atoms with E-state index in [1.807, 2.05) is 0 Å². The lowest BCUT2D eigenvalue weighted by Crippen LogP contribution is -2.15. The summed E-state index contributed by atoms with van der Waals surface area (Å²) in [6, 6.07) is 0. The van der Waals surface area contributed by atoms with Crippen molar-refractivity contribution in [3.8, 4) is 0 Å². The van der Waals surface area contributed by atoms with E-state index >= 15 is 0 Å². The summed E-state index contributed by atoms with van der Waals surface area (Å²) in [5.74, 6) is -0.524. The molecule has 0 aliphatic rings. The van der Waals surface area contributed by atoms with Crippen molar-refractivity contribution >= 4 is 5.97 Å². The molecule has 0 N–H and O–H groups in total. The van der Waals surface area contributed by atoms with Gasteiger partial charge < -0.3 is 14.0 Å². The molecule has 1 heterocycles. The Morgan fingerprint density at radius 2 is 2.15 bits per heavy atom. The van der Waals surface area contributed by atoms with Crippen LogP contribution in [-0.4, -0.2) is 42.4 Å². The maximum absolute atomic E-state index is 11.9. The highest BCUT2D eigenvalue weighted by Crippen LogP contribution is 2.19. The molecule has 0 saturated carbocycles. The van der Waals surface area contributed by atoms with Crippen molar-refractivity contribution in [1.82, 2.24) is 10.1 Å². The number of esters is 1. The molecule has 0 spiro atoms. The Hall–Kier alpha value is -1.57. The third-order valence-corrected chi connectivity index (χ3v) is 2.48. The molecule has 1 aromatic rings. The smallest absolute Gasteiger partial charge is 0.318 e. The molecule has 0 saturated heterocycles. The fraction of sp³-hybridized carbons (Fsp3) is 0.750. The standard InChI is InChI=1S/C12H18F2N2O4/c1-3-8(12(17)19-4-2)11-15-10(16-20-11)5-6-18-7-9(13)14/h8-9H,3-7H2,1-2H3. The minimum Gasteiger partial charge on any atom is -0.465 e. The Morgan fingerprint density at radius 1 is 1.40 bits per heavy atom. The number of carbonyl (C=O) groups is 1. The molecule has 0 bridgehead atoms. The van der Waals surface area contributed by atoms with Crippen LogP contribution in [0, 0.1) is 0 Å². The Morgan fingerprint density at radius 3 is 2.75 bits per heavy atom. The minimum absolute atomic E-state index is 0.0690. The Kier molecular flexibility index (Phi) is 7.06. The van der Waals surface area contributed by atoms with Crippen LogP contribution in [0.15, 0.2) is 4.52 Å². The summed E-state index contributed by atoms with van der Waals surface area (Å²) in [5, 5.41) is 3.68. The van der Waals surface area contributed by atoms with E-state index in [0.29, 0.717) is 12.2 Å². The number of nitrogens with zero attached hydrogens (tertiary/aromatic N) is 2. The van der Waals surface area contributed by atoms with E-state index in [2.05, 4.69) is 10.1 Å². The largest absolute Gasteiger partial charge is 0.465 e. The lowest BCUT2D eigenvalue weighted by molar-refractivity contribution is -0.145. The molecular weight excluding hydrogens is 274 g/mol. The number of carbonyl (C=O) groups excluding carboxylic acids is 1. The van der Waals surface area contributed by atoms with Crippen molar-refractivity contribution < 1.29 is 27.6 Å². The van der Waals surface area contributed by atoms with Gasteiger partial charge in [0.1, 0.15) is 12.5 Å². The second-order valence-corrected chi connectivity index (χ2v) is 3.98. The topological polar surface area (TPSA) is 74.5 Å². The second-order valence-electron chi connectivity index (χ2n) is 3.98. The van der Waals surface area contributed by atoms with Crippen LogP contribution in [0.4, 0.5) is 8.78 Å². The monoisotopic (exact) mass is 292 g/mol. The number of rotatable bonds is 9. The van der Waals surface area contributed by atoms with Crippen molar-refractivity contribution in [3.05, 3.63) is 11.7 Å². The van der Waals surface area contributed by atoms with Gasteiger partial charge in [0.25, 0.3) is 6.43 Å². The summed E-state index contributed by atoms with van der Waals surface area (Å²) >= 11 is 0. The Labute approximate surface area is 115 Å². The molecular formula is C12H18F2N2O4. The van der Waals surface area contributed by atoms with Crippen molar-refractivity contribution in [2.75, 3.05) is 19.8 Å².